The molecule has 0 unspecified atom stereocenters. The first-order valence-electron chi connectivity index (χ1n) is 10.2. The Morgan fingerprint density at radius 3 is 2.89 bits per heavy atom. The first-order valence-corrected chi connectivity index (χ1v) is 10.2. The lowest BCUT2D eigenvalue weighted by Gasteiger charge is -2.33. The molecule has 1 N–H and O–H groups in total. The van der Waals surface area contributed by atoms with E-state index in [0.717, 1.165) is 76.6 Å². The second-order valence-corrected chi connectivity index (χ2v) is 7.69. The number of nitrogens with zero attached hydrogens (tertiary/aromatic N) is 4. The molecule has 2 fully saturated rings. The van der Waals surface area contributed by atoms with E-state index in [4.69, 9.17) is 4.74 Å². The Morgan fingerprint density at radius 1 is 1.21 bits per heavy atom. The molecule has 3 heterocycles. The maximum Gasteiger partial charge on any atom is 0.321 e. The number of anilines is 1. The van der Waals surface area contributed by atoms with Crippen LogP contribution in [0, 0.1) is 5.92 Å². The summed E-state index contributed by atoms with van der Waals surface area (Å²) in [6.45, 7) is 6.78. The van der Waals surface area contributed by atoms with Gasteiger partial charge in [-0.15, -0.1) is 0 Å². The molecule has 1 atom stereocenters. The van der Waals surface area contributed by atoms with Crippen LogP contribution in [0.15, 0.2) is 43.0 Å². The number of amides is 2. The highest BCUT2D eigenvalue weighted by Crippen LogP contribution is 2.22. The monoisotopic (exact) mass is 383 g/mol. The number of benzene rings is 1. The van der Waals surface area contributed by atoms with Crippen molar-refractivity contribution in [3.05, 3.63) is 48.5 Å². The summed E-state index contributed by atoms with van der Waals surface area (Å²) in [6, 6.07) is 8.12. The van der Waals surface area contributed by atoms with Gasteiger partial charge in [0, 0.05) is 57.3 Å². The molecule has 0 spiro atoms. The van der Waals surface area contributed by atoms with E-state index in [2.05, 4.69) is 25.8 Å². The molecule has 1 aromatic heterocycles. The average Bonchev–Trinajstić information content (AvgIpc) is 3.23. The fourth-order valence-electron chi connectivity index (χ4n) is 4.07. The summed E-state index contributed by atoms with van der Waals surface area (Å²) < 4.78 is 7.54. The van der Waals surface area contributed by atoms with Gasteiger partial charge in [-0.05, 0) is 30.4 Å². The molecule has 7 heteroatoms. The van der Waals surface area contributed by atoms with Crippen LogP contribution < -0.4 is 5.32 Å². The average molecular weight is 383 g/mol. The third kappa shape index (κ3) is 4.91. The second-order valence-electron chi connectivity index (χ2n) is 7.69. The molecule has 7 nitrogen and oxygen atoms in total. The van der Waals surface area contributed by atoms with E-state index in [1.807, 2.05) is 35.6 Å². The van der Waals surface area contributed by atoms with Crippen LogP contribution in [0.2, 0.25) is 0 Å². The van der Waals surface area contributed by atoms with E-state index >= 15 is 0 Å². The highest BCUT2D eigenvalue weighted by atomic mass is 16.5. The van der Waals surface area contributed by atoms with Gasteiger partial charge in [-0.25, -0.2) is 9.78 Å². The zero-order valence-corrected chi connectivity index (χ0v) is 16.3. The summed E-state index contributed by atoms with van der Waals surface area (Å²) in [5.74, 6) is 0.470. The SMILES string of the molecule is O=C(Nc1ccccc1CN1CCOCC1)N1CCC[C@H](Cn2ccnc2)C1. The zero-order chi connectivity index (χ0) is 19.2. The van der Waals surface area contributed by atoms with Crippen molar-refractivity contribution >= 4 is 11.7 Å². The Hall–Kier alpha value is -2.38. The molecule has 0 aliphatic carbocycles. The van der Waals surface area contributed by atoms with Crippen LogP contribution >= 0.6 is 0 Å². The number of aromatic nitrogens is 2. The van der Waals surface area contributed by atoms with E-state index in [9.17, 15) is 4.79 Å². The van der Waals surface area contributed by atoms with Gasteiger partial charge in [-0.1, -0.05) is 18.2 Å². The van der Waals surface area contributed by atoms with Crippen LogP contribution in [-0.2, 0) is 17.8 Å². The zero-order valence-electron chi connectivity index (χ0n) is 16.3. The van der Waals surface area contributed by atoms with Crippen molar-refractivity contribution in [1.29, 1.82) is 0 Å². The van der Waals surface area contributed by atoms with Crippen molar-refractivity contribution in [3.63, 3.8) is 0 Å². The standard InChI is InChI=1S/C21H29N5O2/c27-21(26-8-3-4-18(15-26)14-25-9-7-22-17-25)23-20-6-2-1-5-19(20)16-24-10-12-28-13-11-24/h1-2,5-7,9,17-18H,3-4,8,10-16H2,(H,23,27)/t18-/m1/s1. The molecule has 2 aliphatic heterocycles. The largest absolute Gasteiger partial charge is 0.379 e. The number of rotatable bonds is 5. The van der Waals surface area contributed by atoms with Crippen molar-refractivity contribution in [3.8, 4) is 0 Å². The van der Waals surface area contributed by atoms with Gasteiger partial charge in [0.15, 0.2) is 0 Å². The van der Waals surface area contributed by atoms with Gasteiger partial charge >= 0.3 is 6.03 Å². The Balaban J connectivity index is 1.36. The normalized spacial score (nSPS) is 20.9. The summed E-state index contributed by atoms with van der Waals surface area (Å²) in [5, 5.41) is 3.16. The lowest BCUT2D eigenvalue weighted by Crippen LogP contribution is -2.43. The number of piperidine rings is 1. The Kier molecular flexibility index (Phi) is 6.24. The summed E-state index contributed by atoms with van der Waals surface area (Å²) in [6.07, 6.45) is 7.83. The third-order valence-corrected chi connectivity index (χ3v) is 5.59. The lowest BCUT2D eigenvalue weighted by atomic mass is 9.98. The van der Waals surface area contributed by atoms with Crippen LogP contribution in [-0.4, -0.2) is 64.8 Å². The number of hydrogen-bond donors (Lipinski definition) is 1. The van der Waals surface area contributed by atoms with Crippen molar-refractivity contribution in [2.24, 2.45) is 5.92 Å². The van der Waals surface area contributed by atoms with Crippen LogP contribution in [0.25, 0.3) is 0 Å². The highest BCUT2D eigenvalue weighted by Gasteiger charge is 2.24. The molecule has 0 saturated carbocycles. The number of carbonyl (C=O) groups is 1. The molecule has 1 aromatic carbocycles. The fourth-order valence-corrected chi connectivity index (χ4v) is 4.07. The molecule has 0 radical (unpaired) electrons. The molecule has 2 saturated heterocycles. The van der Waals surface area contributed by atoms with E-state index in [1.165, 1.54) is 0 Å². The second kappa shape index (κ2) is 9.21. The van der Waals surface area contributed by atoms with Crippen molar-refractivity contribution < 1.29 is 9.53 Å². The fraction of sp³-hybridized carbons (Fsp3) is 0.524. The van der Waals surface area contributed by atoms with Gasteiger partial charge in [0.2, 0.25) is 0 Å². The molecule has 4 rings (SSSR count). The molecule has 2 amide bonds. The van der Waals surface area contributed by atoms with E-state index in [0.29, 0.717) is 5.92 Å². The van der Waals surface area contributed by atoms with Gasteiger partial charge in [0.05, 0.1) is 19.5 Å². The Bertz CT molecular complexity index is 758. The number of ether oxygens (including phenoxy) is 1. The van der Waals surface area contributed by atoms with Gasteiger partial charge in [-0.3, -0.25) is 4.90 Å². The number of hydrogen-bond acceptors (Lipinski definition) is 4. The van der Waals surface area contributed by atoms with Gasteiger partial charge in [0.1, 0.15) is 0 Å². The van der Waals surface area contributed by atoms with E-state index < -0.39 is 0 Å². The Morgan fingerprint density at radius 2 is 2.07 bits per heavy atom. The third-order valence-electron chi connectivity index (χ3n) is 5.59. The topological polar surface area (TPSA) is 62.6 Å². The summed E-state index contributed by atoms with van der Waals surface area (Å²) >= 11 is 0. The molecule has 150 valence electrons. The van der Waals surface area contributed by atoms with Crippen LogP contribution in [0.4, 0.5) is 10.5 Å². The number of imidazole rings is 1. The van der Waals surface area contributed by atoms with Gasteiger partial charge in [0.25, 0.3) is 0 Å². The number of likely N-dealkylation sites (tertiary alicyclic amines) is 1. The highest BCUT2D eigenvalue weighted by molar-refractivity contribution is 5.90. The quantitative estimate of drug-likeness (QED) is 0.862. The first kappa shape index (κ1) is 19.0. The summed E-state index contributed by atoms with van der Waals surface area (Å²) in [5.41, 5.74) is 2.07. The molecular weight excluding hydrogens is 354 g/mol. The smallest absolute Gasteiger partial charge is 0.321 e. The number of carbonyl (C=O) groups excluding carboxylic acids is 1. The predicted molar refractivity (Wildman–Crippen MR) is 108 cm³/mol. The number of morpholine rings is 1. The maximum atomic E-state index is 12.9. The van der Waals surface area contributed by atoms with E-state index in [-0.39, 0.29) is 6.03 Å². The minimum atomic E-state index is 0.00441. The molecule has 2 aliphatic rings. The van der Waals surface area contributed by atoms with Crippen LogP contribution in [0.3, 0.4) is 0 Å². The van der Waals surface area contributed by atoms with Crippen molar-refractivity contribution in [2.45, 2.75) is 25.9 Å². The number of para-hydroxylation sites is 1. The molecule has 2 aromatic rings. The molecule has 28 heavy (non-hydrogen) atoms. The minimum absolute atomic E-state index is 0.00441. The molecular formula is C21H29N5O2. The number of urea groups is 1. The van der Waals surface area contributed by atoms with Crippen LogP contribution in [0.5, 0.6) is 0 Å². The number of nitrogens with one attached hydrogen (secondary N) is 1. The van der Waals surface area contributed by atoms with Crippen LogP contribution in [0.1, 0.15) is 18.4 Å². The summed E-state index contributed by atoms with van der Waals surface area (Å²) in [4.78, 5) is 21.4. The van der Waals surface area contributed by atoms with Crippen molar-refractivity contribution in [2.75, 3.05) is 44.7 Å². The van der Waals surface area contributed by atoms with Crippen molar-refractivity contribution in [1.82, 2.24) is 19.4 Å². The molecule has 0 bridgehead atoms. The van der Waals surface area contributed by atoms with Gasteiger partial charge < -0.3 is 19.5 Å². The maximum absolute atomic E-state index is 12.9. The van der Waals surface area contributed by atoms with Gasteiger partial charge in [-0.2, -0.15) is 0 Å². The lowest BCUT2D eigenvalue weighted by molar-refractivity contribution is 0.0342. The predicted octanol–water partition coefficient (Wildman–Crippen LogP) is 2.66. The minimum Gasteiger partial charge on any atom is -0.379 e. The van der Waals surface area contributed by atoms with E-state index in [1.54, 1.807) is 6.20 Å². The first-order chi connectivity index (χ1) is 13.8. The summed E-state index contributed by atoms with van der Waals surface area (Å²) in [7, 11) is 0. The Labute approximate surface area is 166 Å².